The van der Waals surface area contributed by atoms with Gasteiger partial charge in [-0.1, -0.05) is 37.8 Å². The fourth-order valence-corrected chi connectivity index (χ4v) is 3.80. The summed E-state index contributed by atoms with van der Waals surface area (Å²) in [6, 6.07) is 13.9. The van der Waals surface area contributed by atoms with E-state index in [-0.39, 0.29) is 19.6 Å². The number of esters is 1. The van der Waals surface area contributed by atoms with Crippen molar-refractivity contribution in [3.8, 4) is 0 Å². The molecule has 3 heteroatoms. The van der Waals surface area contributed by atoms with Crippen LogP contribution >= 0.6 is 0 Å². The smallest absolute Gasteiger partial charge is 0.339 e. The summed E-state index contributed by atoms with van der Waals surface area (Å²) in [5.74, 6) is 0.615. The zero-order valence-corrected chi connectivity index (χ0v) is 13.4. The molecule has 2 bridgehead atoms. The molecule has 0 saturated carbocycles. The fraction of sp³-hybridized carbons (Fsp3) is 0.400. The number of hydrogen-bond donors (Lipinski definition) is 0. The zero-order valence-electron chi connectivity index (χ0n) is 13.4. The Bertz CT molecular complexity index is 697. The number of rotatable bonds is 2. The van der Waals surface area contributed by atoms with Crippen molar-refractivity contribution < 1.29 is 9.53 Å². The topological polar surface area (TPSA) is 29.5 Å². The highest BCUT2D eigenvalue weighted by Crippen LogP contribution is 2.31. The molecule has 0 spiro atoms. The Hall–Kier alpha value is -1.87. The Morgan fingerprint density at radius 1 is 1.04 bits per heavy atom. The van der Waals surface area contributed by atoms with Gasteiger partial charge >= 0.3 is 5.97 Å². The summed E-state index contributed by atoms with van der Waals surface area (Å²) in [5.41, 5.74) is 0.651. The summed E-state index contributed by atoms with van der Waals surface area (Å²) >= 11 is 0. The highest BCUT2D eigenvalue weighted by Gasteiger charge is 2.33. The van der Waals surface area contributed by atoms with Gasteiger partial charge in [0.1, 0.15) is 0 Å². The molecule has 2 aromatic rings. The molecule has 2 saturated heterocycles. The minimum Gasteiger partial charge on any atom is -0.443 e. The Morgan fingerprint density at radius 3 is 2.74 bits per heavy atom. The Morgan fingerprint density at radius 2 is 1.87 bits per heavy atom. The highest BCUT2D eigenvalue weighted by atomic mass is 16.6. The van der Waals surface area contributed by atoms with Gasteiger partial charge in [0.05, 0.1) is 5.56 Å². The van der Waals surface area contributed by atoms with Crippen molar-refractivity contribution in [2.45, 2.75) is 31.9 Å². The number of piperidine rings is 2. The van der Waals surface area contributed by atoms with Crippen LogP contribution in [0.1, 0.15) is 36.0 Å². The molecule has 0 aliphatic carbocycles. The largest absolute Gasteiger partial charge is 0.443 e. The molecule has 2 heterocycles. The number of benzene rings is 2. The lowest BCUT2D eigenvalue weighted by Gasteiger charge is -2.42. The van der Waals surface area contributed by atoms with E-state index in [1.165, 1.54) is 19.3 Å². The molecule has 4 rings (SSSR count). The minimum absolute atomic E-state index is 0. The van der Waals surface area contributed by atoms with Crippen LogP contribution in [0.3, 0.4) is 0 Å². The highest BCUT2D eigenvalue weighted by molar-refractivity contribution is 5.95. The first-order valence-corrected chi connectivity index (χ1v) is 8.23. The molecule has 0 aromatic heterocycles. The summed E-state index contributed by atoms with van der Waals surface area (Å²) in [5, 5.41) is 2.23. The van der Waals surface area contributed by atoms with Gasteiger partial charge in [-0.05, 0) is 54.5 Å². The van der Waals surface area contributed by atoms with Crippen LogP contribution in [0.25, 0.3) is 10.8 Å². The maximum Gasteiger partial charge on any atom is 0.339 e. The molecule has 2 fully saturated rings. The van der Waals surface area contributed by atoms with Crippen molar-refractivity contribution in [3.05, 3.63) is 55.5 Å². The average molecular weight is 309 g/mol. The zero-order chi connectivity index (χ0) is 14.9. The van der Waals surface area contributed by atoms with Crippen LogP contribution in [0.15, 0.2) is 42.5 Å². The van der Waals surface area contributed by atoms with E-state index >= 15 is 0 Å². The maximum absolute atomic E-state index is 12.5. The standard InChI is InChI=1S/C19H21NO2.CH2/c21-19(17-9-8-15-5-1-2-6-16(15)12-17)22-18-10-7-14-4-3-11-20(18)13-14;/h1-2,5-6,8-9,12,14,18H,3-4,7,10-11,13H2;1H2. The molecule has 3 unspecified atom stereocenters. The first kappa shape index (κ1) is 16.0. The molecule has 2 aromatic carbocycles. The van der Waals surface area contributed by atoms with Gasteiger partial charge in [0, 0.05) is 13.1 Å². The van der Waals surface area contributed by atoms with E-state index < -0.39 is 0 Å². The quantitative estimate of drug-likeness (QED) is 0.780. The lowest BCUT2D eigenvalue weighted by molar-refractivity contribution is -0.0758. The van der Waals surface area contributed by atoms with E-state index in [0.717, 1.165) is 36.2 Å². The van der Waals surface area contributed by atoms with Crippen molar-refractivity contribution >= 4 is 16.7 Å². The summed E-state index contributed by atoms with van der Waals surface area (Å²) < 4.78 is 5.80. The van der Waals surface area contributed by atoms with E-state index in [2.05, 4.69) is 11.0 Å². The van der Waals surface area contributed by atoms with Gasteiger partial charge in [0.2, 0.25) is 0 Å². The molecule has 2 radical (unpaired) electrons. The van der Waals surface area contributed by atoms with Gasteiger partial charge in [0.15, 0.2) is 6.23 Å². The summed E-state index contributed by atoms with van der Waals surface area (Å²) in [4.78, 5) is 14.8. The minimum atomic E-state index is -0.195. The van der Waals surface area contributed by atoms with Crippen molar-refractivity contribution in [3.63, 3.8) is 0 Å². The Kier molecular flexibility index (Phi) is 4.67. The van der Waals surface area contributed by atoms with Gasteiger partial charge in [-0.2, -0.15) is 0 Å². The van der Waals surface area contributed by atoms with Crippen LogP contribution in [-0.4, -0.2) is 30.2 Å². The second-order valence-corrected chi connectivity index (χ2v) is 6.50. The SMILES string of the molecule is O=C(OC1CCC2CCCN1C2)c1ccc2ccccc2c1.[CH2]. The van der Waals surface area contributed by atoms with Gasteiger partial charge in [-0.3, -0.25) is 4.90 Å². The van der Waals surface area contributed by atoms with Crippen molar-refractivity contribution in [1.29, 1.82) is 0 Å². The van der Waals surface area contributed by atoms with E-state index in [0.29, 0.717) is 5.56 Å². The molecule has 120 valence electrons. The van der Waals surface area contributed by atoms with Gasteiger partial charge in [0.25, 0.3) is 0 Å². The molecule has 2 aliphatic rings. The van der Waals surface area contributed by atoms with Crippen molar-refractivity contribution in [1.82, 2.24) is 4.90 Å². The average Bonchev–Trinajstić information content (AvgIpc) is 2.57. The number of nitrogens with zero attached hydrogens (tertiary/aromatic N) is 1. The van der Waals surface area contributed by atoms with Crippen LogP contribution in [0, 0.1) is 13.3 Å². The molecule has 0 amide bonds. The molecular weight excluding hydrogens is 286 g/mol. The molecule has 3 atom stereocenters. The Balaban J connectivity index is 0.00000156. The van der Waals surface area contributed by atoms with E-state index in [4.69, 9.17) is 4.74 Å². The van der Waals surface area contributed by atoms with Gasteiger partial charge in [-0.25, -0.2) is 4.79 Å². The monoisotopic (exact) mass is 309 g/mol. The summed E-state index contributed by atoms with van der Waals surface area (Å²) in [7, 11) is 0. The second kappa shape index (κ2) is 6.71. The third-order valence-corrected chi connectivity index (χ3v) is 5.01. The van der Waals surface area contributed by atoms with Gasteiger partial charge < -0.3 is 4.74 Å². The fourth-order valence-electron chi connectivity index (χ4n) is 3.80. The normalized spacial score (nSPS) is 26.3. The number of hydrogen-bond acceptors (Lipinski definition) is 3. The predicted molar refractivity (Wildman–Crippen MR) is 92.0 cm³/mol. The van der Waals surface area contributed by atoms with Crippen LogP contribution in [0.2, 0.25) is 0 Å². The predicted octanol–water partition coefficient (Wildman–Crippen LogP) is 4.16. The molecule has 23 heavy (non-hydrogen) atoms. The number of carbonyl (C=O) groups excluding carboxylic acids is 1. The van der Waals surface area contributed by atoms with Crippen molar-refractivity contribution in [2.75, 3.05) is 13.1 Å². The maximum atomic E-state index is 12.5. The van der Waals surface area contributed by atoms with Crippen molar-refractivity contribution in [2.24, 2.45) is 5.92 Å². The summed E-state index contributed by atoms with van der Waals surface area (Å²) in [6.07, 6.45) is 4.70. The third kappa shape index (κ3) is 3.25. The summed E-state index contributed by atoms with van der Waals surface area (Å²) in [6.45, 7) is 2.15. The second-order valence-electron chi connectivity index (χ2n) is 6.50. The first-order valence-electron chi connectivity index (χ1n) is 8.23. The number of carbonyl (C=O) groups is 1. The molecule has 2 aliphatic heterocycles. The van der Waals surface area contributed by atoms with Crippen LogP contribution in [-0.2, 0) is 4.74 Å². The lowest BCUT2D eigenvalue weighted by atomic mass is 9.89. The first-order chi connectivity index (χ1) is 10.8. The third-order valence-electron chi connectivity index (χ3n) is 5.01. The van der Waals surface area contributed by atoms with Gasteiger partial charge in [-0.15, -0.1) is 0 Å². The number of fused-ring (bicyclic) bond motifs is 3. The van der Waals surface area contributed by atoms with E-state index in [1.807, 2.05) is 36.4 Å². The van der Waals surface area contributed by atoms with Crippen LogP contribution in [0.5, 0.6) is 0 Å². The molecular formula is C20H23NO2. The van der Waals surface area contributed by atoms with Crippen LogP contribution < -0.4 is 0 Å². The van der Waals surface area contributed by atoms with Crippen LogP contribution in [0.4, 0.5) is 0 Å². The molecule has 3 nitrogen and oxygen atoms in total. The van der Waals surface area contributed by atoms with E-state index in [1.54, 1.807) is 0 Å². The molecule has 0 N–H and O–H groups in total. The van der Waals surface area contributed by atoms with E-state index in [9.17, 15) is 4.79 Å². The number of ether oxygens (including phenoxy) is 1. The Labute approximate surface area is 138 Å². The lowest BCUT2D eigenvalue weighted by Crippen LogP contribution is -2.48.